The lowest BCUT2D eigenvalue weighted by molar-refractivity contribution is -0.370. The second kappa shape index (κ2) is 5.98. The van der Waals surface area contributed by atoms with Crippen molar-refractivity contribution in [3.05, 3.63) is 0 Å². The molecule has 0 saturated carbocycles. The molecule has 3 heterocycles. The third-order valence-corrected chi connectivity index (χ3v) is 4.03. The predicted molar refractivity (Wildman–Crippen MR) is 75.0 cm³/mol. The standard InChI is InChI=1S/C15H26O7/c1-14(2)18-8-9-10(20-14)11-12(22-15(3,4)21-11)13(19-9)17-7-5-6-16/h9-13,16H,5-8H2,1-4H3/t9-,10-,11+,12+,13+/m1/s1. The summed E-state index contributed by atoms with van der Waals surface area (Å²) in [6, 6.07) is 0. The predicted octanol–water partition coefficient (Wildman–Crippen LogP) is 0.782. The van der Waals surface area contributed by atoms with E-state index in [-0.39, 0.29) is 31.0 Å². The number of aliphatic hydroxyl groups is 1. The maximum Gasteiger partial charge on any atom is 0.187 e. The molecule has 0 unspecified atom stereocenters. The molecule has 7 heteroatoms. The van der Waals surface area contributed by atoms with Crippen LogP contribution >= 0.6 is 0 Å². The fraction of sp³-hybridized carbons (Fsp3) is 1.00. The quantitative estimate of drug-likeness (QED) is 0.768. The van der Waals surface area contributed by atoms with Gasteiger partial charge in [-0.2, -0.15) is 0 Å². The highest BCUT2D eigenvalue weighted by atomic mass is 16.8. The number of fused-ring (bicyclic) bond motifs is 3. The average Bonchev–Trinajstić information content (AvgIpc) is 2.75. The number of aliphatic hydroxyl groups excluding tert-OH is 1. The lowest BCUT2D eigenvalue weighted by atomic mass is 9.97. The van der Waals surface area contributed by atoms with E-state index in [4.69, 9.17) is 33.5 Å². The van der Waals surface area contributed by atoms with Crippen molar-refractivity contribution in [1.29, 1.82) is 0 Å². The molecule has 22 heavy (non-hydrogen) atoms. The van der Waals surface area contributed by atoms with Crippen molar-refractivity contribution in [2.24, 2.45) is 0 Å². The van der Waals surface area contributed by atoms with Gasteiger partial charge in [0.1, 0.15) is 24.4 Å². The number of rotatable bonds is 4. The minimum atomic E-state index is -0.710. The summed E-state index contributed by atoms with van der Waals surface area (Å²) in [5.41, 5.74) is 0. The molecule has 0 aromatic carbocycles. The van der Waals surface area contributed by atoms with Gasteiger partial charge in [0.25, 0.3) is 0 Å². The summed E-state index contributed by atoms with van der Waals surface area (Å²) in [5, 5.41) is 8.89. The second-order valence-electron chi connectivity index (χ2n) is 6.85. The molecule has 0 spiro atoms. The first-order valence-corrected chi connectivity index (χ1v) is 7.87. The van der Waals surface area contributed by atoms with Crippen LogP contribution in [0.25, 0.3) is 0 Å². The summed E-state index contributed by atoms with van der Waals surface area (Å²) < 4.78 is 35.4. The number of hydrogen-bond acceptors (Lipinski definition) is 7. The van der Waals surface area contributed by atoms with Crippen molar-refractivity contribution >= 4 is 0 Å². The zero-order chi connectivity index (χ0) is 16.0. The molecule has 1 N–H and O–H groups in total. The monoisotopic (exact) mass is 318 g/mol. The van der Waals surface area contributed by atoms with Crippen LogP contribution in [-0.4, -0.2) is 67.2 Å². The van der Waals surface area contributed by atoms with E-state index in [1.165, 1.54) is 0 Å². The lowest BCUT2D eigenvalue weighted by Gasteiger charge is -2.48. The van der Waals surface area contributed by atoms with E-state index in [0.29, 0.717) is 19.6 Å². The van der Waals surface area contributed by atoms with Crippen LogP contribution in [0, 0.1) is 0 Å². The normalized spacial score (nSPS) is 42.7. The topological polar surface area (TPSA) is 75.6 Å². The molecule has 3 rings (SSSR count). The van der Waals surface area contributed by atoms with Crippen molar-refractivity contribution in [3.8, 4) is 0 Å². The molecule has 3 fully saturated rings. The van der Waals surface area contributed by atoms with E-state index in [1.54, 1.807) is 0 Å². The first-order valence-electron chi connectivity index (χ1n) is 7.87. The van der Waals surface area contributed by atoms with Crippen molar-refractivity contribution in [3.63, 3.8) is 0 Å². The Kier molecular flexibility index (Phi) is 4.50. The molecule has 0 bridgehead atoms. The van der Waals surface area contributed by atoms with E-state index in [0.717, 1.165) is 0 Å². The Balaban J connectivity index is 1.75. The molecular weight excluding hydrogens is 292 g/mol. The molecule has 0 aromatic heterocycles. The fourth-order valence-electron chi connectivity index (χ4n) is 3.14. The summed E-state index contributed by atoms with van der Waals surface area (Å²) in [5.74, 6) is -1.38. The highest BCUT2D eigenvalue weighted by molar-refractivity contribution is 4.99. The molecule has 128 valence electrons. The van der Waals surface area contributed by atoms with Crippen LogP contribution in [0.4, 0.5) is 0 Å². The van der Waals surface area contributed by atoms with Crippen LogP contribution in [0.2, 0.25) is 0 Å². The first kappa shape index (κ1) is 16.6. The molecule has 3 aliphatic heterocycles. The Hall–Kier alpha value is -0.280. The van der Waals surface area contributed by atoms with Gasteiger partial charge in [0.2, 0.25) is 0 Å². The Morgan fingerprint density at radius 2 is 1.68 bits per heavy atom. The van der Waals surface area contributed by atoms with E-state index >= 15 is 0 Å². The van der Waals surface area contributed by atoms with Gasteiger partial charge in [0.05, 0.1) is 13.2 Å². The van der Waals surface area contributed by atoms with E-state index in [1.807, 2.05) is 27.7 Å². The first-order chi connectivity index (χ1) is 10.3. The zero-order valence-corrected chi connectivity index (χ0v) is 13.6. The van der Waals surface area contributed by atoms with Crippen molar-refractivity contribution in [1.82, 2.24) is 0 Å². The van der Waals surface area contributed by atoms with Crippen LogP contribution in [0.3, 0.4) is 0 Å². The molecule has 0 radical (unpaired) electrons. The van der Waals surface area contributed by atoms with Crippen LogP contribution in [0.5, 0.6) is 0 Å². The van der Waals surface area contributed by atoms with Gasteiger partial charge in [-0.15, -0.1) is 0 Å². The van der Waals surface area contributed by atoms with Gasteiger partial charge in [-0.1, -0.05) is 0 Å². The Labute approximate surface area is 130 Å². The maximum absolute atomic E-state index is 8.89. The average molecular weight is 318 g/mol. The number of ether oxygens (including phenoxy) is 6. The van der Waals surface area contributed by atoms with Gasteiger partial charge in [0.15, 0.2) is 17.9 Å². The lowest BCUT2D eigenvalue weighted by Crippen LogP contribution is -2.63. The van der Waals surface area contributed by atoms with Gasteiger partial charge in [0, 0.05) is 6.61 Å². The molecule has 0 aliphatic carbocycles. The smallest absolute Gasteiger partial charge is 0.187 e. The molecular formula is C15H26O7. The minimum Gasteiger partial charge on any atom is -0.396 e. The Morgan fingerprint density at radius 1 is 1.00 bits per heavy atom. The van der Waals surface area contributed by atoms with Crippen molar-refractivity contribution in [2.75, 3.05) is 19.8 Å². The molecule has 3 saturated heterocycles. The Morgan fingerprint density at radius 3 is 2.41 bits per heavy atom. The molecule has 5 atom stereocenters. The maximum atomic E-state index is 8.89. The SMILES string of the molecule is CC1(C)O[C@@H]2[C@H](O1)[C@@H](OCCCO)O[C@@H]1COC(C)(C)O[C@@H]21. The van der Waals surface area contributed by atoms with Gasteiger partial charge in [-0.3, -0.25) is 0 Å². The van der Waals surface area contributed by atoms with Crippen LogP contribution in [0.15, 0.2) is 0 Å². The summed E-state index contributed by atoms with van der Waals surface area (Å²) in [6.07, 6.45) is -1.14. The van der Waals surface area contributed by atoms with Crippen LogP contribution in [0.1, 0.15) is 34.1 Å². The summed E-state index contributed by atoms with van der Waals surface area (Å²) >= 11 is 0. The van der Waals surface area contributed by atoms with Crippen molar-refractivity contribution < 1.29 is 33.5 Å². The van der Waals surface area contributed by atoms with Crippen LogP contribution < -0.4 is 0 Å². The highest BCUT2D eigenvalue weighted by Crippen LogP contribution is 2.42. The molecule has 3 aliphatic rings. The Bertz CT molecular complexity index is 397. The van der Waals surface area contributed by atoms with Gasteiger partial charge in [-0.25, -0.2) is 0 Å². The van der Waals surface area contributed by atoms with Crippen molar-refractivity contribution in [2.45, 2.75) is 76.4 Å². The van der Waals surface area contributed by atoms with Gasteiger partial charge < -0.3 is 33.5 Å². The summed E-state index contributed by atoms with van der Waals surface area (Å²) in [4.78, 5) is 0. The second-order valence-corrected chi connectivity index (χ2v) is 6.85. The zero-order valence-electron chi connectivity index (χ0n) is 13.6. The highest BCUT2D eigenvalue weighted by Gasteiger charge is 2.58. The van der Waals surface area contributed by atoms with E-state index in [9.17, 15) is 0 Å². The summed E-state index contributed by atoms with van der Waals surface area (Å²) in [6.45, 7) is 8.40. The van der Waals surface area contributed by atoms with Crippen LogP contribution in [-0.2, 0) is 28.4 Å². The third kappa shape index (κ3) is 3.31. The van der Waals surface area contributed by atoms with Gasteiger partial charge in [-0.05, 0) is 34.1 Å². The third-order valence-electron chi connectivity index (χ3n) is 4.03. The molecule has 7 nitrogen and oxygen atoms in total. The number of hydrogen-bond donors (Lipinski definition) is 1. The minimum absolute atomic E-state index is 0.0795. The van der Waals surface area contributed by atoms with E-state index in [2.05, 4.69) is 0 Å². The van der Waals surface area contributed by atoms with Gasteiger partial charge >= 0.3 is 0 Å². The van der Waals surface area contributed by atoms with E-state index < -0.39 is 17.9 Å². The molecule has 0 amide bonds. The molecule has 0 aromatic rings. The summed E-state index contributed by atoms with van der Waals surface area (Å²) in [7, 11) is 0. The fourth-order valence-corrected chi connectivity index (χ4v) is 3.14. The largest absolute Gasteiger partial charge is 0.396 e.